The molecule has 5 heteroatoms. The van der Waals surface area contributed by atoms with Crippen molar-refractivity contribution in [2.45, 2.75) is 0 Å². The normalized spacial score (nSPS) is 11.6. The Morgan fingerprint density at radius 2 is 1.72 bits per heavy atom. The fourth-order valence-electron chi connectivity index (χ4n) is 3.88. The van der Waals surface area contributed by atoms with Gasteiger partial charge in [0.05, 0.1) is 11.1 Å². The first-order chi connectivity index (χ1) is 14.3. The minimum atomic E-state index is -0.321. The molecule has 3 aromatic heterocycles. The highest BCUT2D eigenvalue weighted by molar-refractivity contribution is 6.09. The Bertz CT molecular complexity index is 1520. The van der Waals surface area contributed by atoms with E-state index in [1.165, 1.54) is 12.1 Å². The molecule has 4 nitrogen and oxygen atoms in total. The molecule has 0 saturated carbocycles. The molecular weight excluding hydrogens is 365 g/mol. The molecule has 0 aliphatic heterocycles. The van der Waals surface area contributed by atoms with Crippen molar-refractivity contribution in [2.24, 2.45) is 0 Å². The van der Waals surface area contributed by atoms with Crippen LogP contribution in [0.3, 0.4) is 0 Å². The van der Waals surface area contributed by atoms with E-state index in [0.29, 0.717) is 16.8 Å². The molecule has 0 aliphatic carbocycles. The van der Waals surface area contributed by atoms with Crippen LogP contribution in [0.1, 0.15) is 0 Å². The van der Waals surface area contributed by atoms with Gasteiger partial charge in [-0.1, -0.05) is 30.3 Å². The lowest BCUT2D eigenvalue weighted by atomic mass is 10.1. The smallest absolute Gasteiger partial charge is 0.178 e. The van der Waals surface area contributed by atoms with Crippen LogP contribution >= 0.6 is 0 Å². The average Bonchev–Trinajstić information content (AvgIpc) is 3.32. The minimum Gasteiger partial charge on any atom is -0.455 e. The zero-order valence-corrected chi connectivity index (χ0v) is 15.2. The van der Waals surface area contributed by atoms with Crippen LogP contribution in [0.15, 0.2) is 89.5 Å². The number of hydrogen-bond donors (Lipinski definition) is 0. The third-order valence-electron chi connectivity index (χ3n) is 5.15. The summed E-state index contributed by atoms with van der Waals surface area (Å²) in [5.41, 5.74) is 4.59. The van der Waals surface area contributed by atoms with Crippen molar-refractivity contribution in [1.29, 1.82) is 0 Å². The monoisotopic (exact) mass is 379 g/mol. The van der Waals surface area contributed by atoms with Gasteiger partial charge in [-0.3, -0.25) is 4.57 Å². The predicted molar refractivity (Wildman–Crippen MR) is 112 cm³/mol. The van der Waals surface area contributed by atoms with Crippen LogP contribution in [0.2, 0.25) is 0 Å². The first-order valence-electron chi connectivity index (χ1n) is 9.30. The van der Waals surface area contributed by atoms with E-state index >= 15 is 0 Å². The van der Waals surface area contributed by atoms with E-state index in [2.05, 4.69) is 9.55 Å². The van der Waals surface area contributed by atoms with Gasteiger partial charge in [0.1, 0.15) is 17.0 Å². The van der Waals surface area contributed by atoms with Gasteiger partial charge in [0.2, 0.25) is 0 Å². The number of hydrogen-bond acceptors (Lipinski definition) is 3. The number of para-hydroxylation sites is 2. The molecule has 3 heterocycles. The third-order valence-corrected chi connectivity index (χ3v) is 5.15. The van der Waals surface area contributed by atoms with Crippen LogP contribution in [0.4, 0.5) is 4.39 Å². The molecule has 0 atom stereocenters. The molecule has 3 aromatic carbocycles. The van der Waals surface area contributed by atoms with Gasteiger partial charge in [0.25, 0.3) is 0 Å². The van der Waals surface area contributed by atoms with Crippen LogP contribution in [0, 0.1) is 5.82 Å². The number of nitrogens with zero attached hydrogens (tertiary/aromatic N) is 3. The first kappa shape index (κ1) is 16.0. The number of pyridine rings is 1. The molecule has 0 radical (unpaired) electrons. The molecule has 138 valence electrons. The number of aromatic nitrogens is 3. The average molecular weight is 379 g/mol. The van der Waals surface area contributed by atoms with Gasteiger partial charge in [0, 0.05) is 28.7 Å². The maximum Gasteiger partial charge on any atom is 0.178 e. The molecular formula is C24H14FN3O. The first-order valence-corrected chi connectivity index (χ1v) is 9.30. The Morgan fingerprint density at radius 3 is 2.62 bits per heavy atom. The fraction of sp³-hybridized carbons (Fsp3) is 0. The number of fused-ring (bicyclic) bond motifs is 4. The summed E-state index contributed by atoms with van der Waals surface area (Å²) >= 11 is 0. The van der Waals surface area contributed by atoms with Gasteiger partial charge >= 0.3 is 0 Å². The fourth-order valence-corrected chi connectivity index (χ4v) is 3.88. The van der Waals surface area contributed by atoms with Gasteiger partial charge in [-0.2, -0.15) is 0 Å². The summed E-state index contributed by atoms with van der Waals surface area (Å²) in [6.45, 7) is 0. The third kappa shape index (κ3) is 2.37. The molecule has 0 N–H and O–H groups in total. The van der Waals surface area contributed by atoms with E-state index in [-0.39, 0.29) is 5.82 Å². The lowest BCUT2D eigenvalue weighted by Crippen LogP contribution is -1.97. The summed E-state index contributed by atoms with van der Waals surface area (Å²) in [7, 11) is 0. The number of furan rings is 1. The van der Waals surface area contributed by atoms with Gasteiger partial charge in [-0.25, -0.2) is 14.4 Å². The van der Waals surface area contributed by atoms with E-state index in [1.807, 2.05) is 60.7 Å². The molecule has 0 aliphatic rings. The molecule has 6 rings (SSSR count). The van der Waals surface area contributed by atoms with Gasteiger partial charge in [0.15, 0.2) is 11.5 Å². The summed E-state index contributed by atoms with van der Waals surface area (Å²) in [5, 5.41) is 1.81. The molecule has 0 bridgehead atoms. The van der Waals surface area contributed by atoms with E-state index in [0.717, 1.165) is 33.4 Å². The maximum atomic E-state index is 13.7. The lowest BCUT2D eigenvalue weighted by molar-refractivity contribution is 0.618. The summed E-state index contributed by atoms with van der Waals surface area (Å²) in [5.74, 6) is 0.411. The summed E-state index contributed by atoms with van der Waals surface area (Å²) in [6, 6.07) is 24.5. The number of imidazole rings is 1. The quantitative estimate of drug-likeness (QED) is 0.364. The van der Waals surface area contributed by atoms with Gasteiger partial charge < -0.3 is 4.42 Å². The van der Waals surface area contributed by atoms with E-state index < -0.39 is 0 Å². The molecule has 29 heavy (non-hydrogen) atoms. The maximum absolute atomic E-state index is 13.7. The zero-order valence-electron chi connectivity index (χ0n) is 15.2. The number of benzene rings is 3. The SMILES string of the molecule is Fc1ccc2c(c1)oc1c(-c3nc4ncccc4n3-c3ccccc3)cccc12. The van der Waals surface area contributed by atoms with Crippen molar-refractivity contribution >= 4 is 33.1 Å². The van der Waals surface area contributed by atoms with Crippen LogP contribution in [-0.4, -0.2) is 14.5 Å². The molecule has 6 aromatic rings. The van der Waals surface area contributed by atoms with Crippen LogP contribution in [0.5, 0.6) is 0 Å². The second-order valence-corrected chi connectivity index (χ2v) is 6.88. The van der Waals surface area contributed by atoms with Crippen molar-refractivity contribution in [3.8, 4) is 17.1 Å². The predicted octanol–water partition coefficient (Wildman–Crippen LogP) is 6.13. The second kappa shape index (κ2) is 6.01. The van der Waals surface area contributed by atoms with Crippen molar-refractivity contribution in [3.05, 3.63) is 90.9 Å². The Morgan fingerprint density at radius 1 is 0.828 bits per heavy atom. The van der Waals surface area contributed by atoms with Gasteiger partial charge in [-0.15, -0.1) is 0 Å². The molecule has 0 unspecified atom stereocenters. The Balaban J connectivity index is 1.73. The van der Waals surface area contributed by atoms with Crippen LogP contribution in [0.25, 0.3) is 50.2 Å². The van der Waals surface area contributed by atoms with E-state index in [9.17, 15) is 4.39 Å². The van der Waals surface area contributed by atoms with Crippen molar-refractivity contribution in [1.82, 2.24) is 14.5 Å². The second-order valence-electron chi connectivity index (χ2n) is 6.88. The van der Waals surface area contributed by atoms with E-state index in [4.69, 9.17) is 9.40 Å². The minimum absolute atomic E-state index is 0.321. The Hall–Kier alpha value is -3.99. The Labute approximate surface area is 164 Å². The summed E-state index contributed by atoms with van der Waals surface area (Å²) < 4.78 is 21.9. The number of halogens is 1. The van der Waals surface area contributed by atoms with Crippen LogP contribution in [-0.2, 0) is 0 Å². The van der Waals surface area contributed by atoms with Gasteiger partial charge in [-0.05, 0) is 42.5 Å². The van der Waals surface area contributed by atoms with Crippen LogP contribution < -0.4 is 0 Å². The molecule has 0 saturated heterocycles. The Kier molecular flexibility index (Phi) is 3.32. The molecule has 0 spiro atoms. The highest BCUT2D eigenvalue weighted by Gasteiger charge is 2.19. The highest BCUT2D eigenvalue weighted by atomic mass is 19.1. The van der Waals surface area contributed by atoms with Crippen molar-refractivity contribution in [2.75, 3.05) is 0 Å². The molecule has 0 fully saturated rings. The standard InChI is InChI=1S/C24H14FN3O/c25-15-11-12-17-18-8-4-9-19(22(18)29-21(17)14-15)24-27-23-20(10-5-13-26-23)28(24)16-6-2-1-3-7-16/h1-14H. The highest BCUT2D eigenvalue weighted by Crippen LogP contribution is 2.37. The lowest BCUT2D eigenvalue weighted by Gasteiger charge is -2.09. The zero-order chi connectivity index (χ0) is 19.4. The molecule has 0 amide bonds. The summed E-state index contributed by atoms with van der Waals surface area (Å²) in [6.07, 6.45) is 1.74. The largest absolute Gasteiger partial charge is 0.455 e. The van der Waals surface area contributed by atoms with E-state index in [1.54, 1.807) is 12.3 Å². The number of rotatable bonds is 2. The van der Waals surface area contributed by atoms with Crippen molar-refractivity contribution in [3.63, 3.8) is 0 Å². The summed E-state index contributed by atoms with van der Waals surface area (Å²) in [4.78, 5) is 9.25. The van der Waals surface area contributed by atoms with Crippen molar-refractivity contribution < 1.29 is 8.81 Å². The topological polar surface area (TPSA) is 43.9 Å².